The molecule has 0 bridgehead atoms. The van der Waals surface area contributed by atoms with Crippen LogP contribution >= 0.6 is 12.4 Å². The van der Waals surface area contributed by atoms with Crippen molar-refractivity contribution in [3.63, 3.8) is 0 Å². The van der Waals surface area contributed by atoms with Crippen molar-refractivity contribution >= 4 is 18.3 Å². The van der Waals surface area contributed by atoms with Crippen LogP contribution in [0.3, 0.4) is 0 Å². The van der Waals surface area contributed by atoms with Gasteiger partial charge in [0.1, 0.15) is 0 Å². The molecule has 0 aromatic heterocycles. The Morgan fingerprint density at radius 2 is 1.79 bits per heavy atom. The molecule has 4 nitrogen and oxygen atoms in total. The largest absolute Gasteiger partial charge is 0.379 e. The maximum atomic E-state index is 12.8. The molecule has 1 saturated heterocycles. The summed E-state index contributed by atoms with van der Waals surface area (Å²) in [7, 11) is 0. The highest BCUT2D eigenvalue weighted by Crippen LogP contribution is 2.38. The Bertz CT molecular complexity index is 599. The fourth-order valence-corrected chi connectivity index (χ4v) is 4.60. The smallest absolute Gasteiger partial charge is 0.223 e. The molecular formula is C23H37ClN2O2. The van der Waals surface area contributed by atoms with E-state index in [-0.39, 0.29) is 24.2 Å². The van der Waals surface area contributed by atoms with Gasteiger partial charge in [0.05, 0.1) is 13.2 Å². The molecule has 1 aliphatic heterocycles. The number of amides is 1. The van der Waals surface area contributed by atoms with Crippen molar-refractivity contribution in [2.45, 2.75) is 53.1 Å². The van der Waals surface area contributed by atoms with Gasteiger partial charge in [-0.2, -0.15) is 0 Å². The fourth-order valence-electron chi connectivity index (χ4n) is 4.60. The van der Waals surface area contributed by atoms with Crippen LogP contribution in [-0.4, -0.2) is 37.1 Å². The number of morpholine rings is 1. The summed E-state index contributed by atoms with van der Waals surface area (Å²) in [6.45, 7) is 12.1. The lowest BCUT2D eigenvalue weighted by Gasteiger charge is -2.36. The maximum Gasteiger partial charge on any atom is 0.223 e. The lowest BCUT2D eigenvalue weighted by Crippen LogP contribution is -2.40. The van der Waals surface area contributed by atoms with Gasteiger partial charge in [0.25, 0.3) is 0 Å². The molecule has 0 radical (unpaired) electrons. The van der Waals surface area contributed by atoms with Crippen molar-refractivity contribution in [2.75, 3.05) is 26.3 Å². The number of carbonyl (C=O) groups is 1. The lowest BCUT2D eigenvalue weighted by atomic mass is 9.70. The molecule has 3 atom stereocenters. The first kappa shape index (κ1) is 23.2. The SMILES string of the molecule is CC(C)[C@@H]1CC[C@@H](C)C[C@H]1C(=O)NCc1ccc(CN2CCOCC2)cc1.Cl. The molecule has 1 amide bonds. The van der Waals surface area contributed by atoms with E-state index in [1.807, 2.05) is 0 Å². The second kappa shape index (κ2) is 11.2. The molecule has 1 N–H and O–H groups in total. The van der Waals surface area contributed by atoms with E-state index in [1.165, 1.54) is 24.0 Å². The zero-order valence-electron chi connectivity index (χ0n) is 17.7. The highest BCUT2D eigenvalue weighted by Gasteiger charge is 2.35. The average molecular weight is 409 g/mol. The molecule has 0 unspecified atom stereocenters. The van der Waals surface area contributed by atoms with Gasteiger partial charge in [0, 0.05) is 32.1 Å². The summed E-state index contributed by atoms with van der Waals surface area (Å²) in [6.07, 6.45) is 3.48. The van der Waals surface area contributed by atoms with Gasteiger partial charge in [0.15, 0.2) is 0 Å². The van der Waals surface area contributed by atoms with Crippen LogP contribution < -0.4 is 5.32 Å². The highest BCUT2D eigenvalue weighted by atomic mass is 35.5. The van der Waals surface area contributed by atoms with Gasteiger partial charge in [-0.1, -0.05) is 51.5 Å². The molecule has 1 aromatic rings. The normalized spacial score (nSPS) is 25.9. The summed E-state index contributed by atoms with van der Waals surface area (Å²) >= 11 is 0. The molecule has 1 saturated carbocycles. The Hall–Kier alpha value is -1.10. The number of ether oxygens (including phenoxy) is 1. The minimum absolute atomic E-state index is 0. The van der Waals surface area contributed by atoms with E-state index in [0.29, 0.717) is 24.3 Å². The van der Waals surface area contributed by atoms with Crippen LogP contribution in [0.15, 0.2) is 24.3 Å². The molecule has 158 valence electrons. The maximum absolute atomic E-state index is 12.8. The van der Waals surface area contributed by atoms with Crippen LogP contribution in [0.4, 0.5) is 0 Å². The number of benzene rings is 1. The molecule has 28 heavy (non-hydrogen) atoms. The first-order valence-corrected chi connectivity index (χ1v) is 10.7. The molecule has 1 aromatic carbocycles. The van der Waals surface area contributed by atoms with Crippen LogP contribution in [0.5, 0.6) is 0 Å². The zero-order chi connectivity index (χ0) is 19.2. The van der Waals surface area contributed by atoms with E-state index in [2.05, 4.69) is 55.3 Å². The summed E-state index contributed by atoms with van der Waals surface area (Å²) < 4.78 is 5.41. The predicted octanol–water partition coefficient (Wildman–Crippen LogP) is 4.27. The van der Waals surface area contributed by atoms with E-state index in [9.17, 15) is 4.79 Å². The number of rotatable bonds is 6. The second-order valence-corrected chi connectivity index (χ2v) is 8.86. The van der Waals surface area contributed by atoms with Crippen molar-refractivity contribution < 1.29 is 9.53 Å². The van der Waals surface area contributed by atoms with Gasteiger partial charge in [-0.15, -0.1) is 12.4 Å². The first-order chi connectivity index (χ1) is 13.0. The number of halogens is 1. The van der Waals surface area contributed by atoms with Gasteiger partial charge in [-0.05, 0) is 41.7 Å². The van der Waals surface area contributed by atoms with E-state index >= 15 is 0 Å². The number of hydrogen-bond donors (Lipinski definition) is 1. The fraction of sp³-hybridized carbons (Fsp3) is 0.696. The predicted molar refractivity (Wildman–Crippen MR) is 116 cm³/mol. The molecule has 1 aliphatic carbocycles. The van der Waals surface area contributed by atoms with Crippen molar-refractivity contribution in [1.29, 1.82) is 0 Å². The lowest BCUT2D eigenvalue weighted by molar-refractivity contribution is -0.129. The molecular weight excluding hydrogens is 372 g/mol. The topological polar surface area (TPSA) is 41.6 Å². The zero-order valence-corrected chi connectivity index (χ0v) is 18.5. The van der Waals surface area contributed by atoms with Crippen LogP contribution in [0.1, 0.15) is 51.2 Å². The van der Waals surface area contributed by atoms with Gasteiger partial charge < -0.3 is 10.1 Å². The van der Waals surface area contributed by atoms with Crippen molar-refractivity contribution in [3.05, 3.63) is 35.4 Å². The van der Waals surface area contributed by atoms with E-state index in [0.717, 1.165) is 39.3 Å². The molecule has 0 spiro atoms. The van der Waals surface area contributed by atoms with Crippen LogP contribution in [0, 0.1) is 23.7 Å². The van der Waals surface area contributed by atoms with E-state index in [1.54, 1.807) is 0 Å². The number of nitrogens with one attached hydrogen (secondary N) is 1. The highest BCUT2D eigenvalue weighted by molar-refractivity contribution is 5.85. The van der Waals surface area contributed by atoms with Gasteiger partial charge in [-0.3, -0.25) is 9.69 Å². The number of carbonyl (C=O) groups excluding carboxylic acids is 1. The van der Waals surface area contributed by atoms with Crippen LogP contribution in [0.2, 0.25) is 0 Å². The first-order valence-electron chi connectivity index (χ1n) is 10.7. The number of nitrogens with zero attached hydrogens (tertiary/aromatic N) is 1. The third-order valence-corrected chi connectivity index (χ3v) is 6.36. The average Bonchev–Trinajstić information content (AvgIpc) is 2.67. The Kier molecular flexibility index (Phi) is 9.26. The Labute approximate surface area is 176 Å². The molecule has 3 rings (SSSR count). The Balaban J connectivity index is 0.00000280. The minimum atomic E-state index is 0. The summed E-state index contributed by atoms with van der Waals surface area (Å²) in [5.41, 5.74) is 2.51. The summed E-state index contributed by atoms with van der Waals surface area (Å²) in [4.78, 5) is 15.3. The summed E-state index contributed by atoms with van der Waals surface area (Å²) in [5, 5.41) is 3.21. The summed E-state index contributed by atoms with van der Waals surface area (Å²) in [5.74, 6) is 2.19. The van der Waals surface area contributed by atoms with Crippen LogP contribution in [-0.2, 0) is 22.6 Å². The van der Waals surface area contributed by atoms with E-state index < -0.39 is 0 Å². The molecule has 5 heteroatoms. The summed E-state index contributed by atoms with van der Waals surface area (Å²) in [6, 6.07) is 8.69. The van der Waals surface area contributed by atoms with Gasteiger partial charge in [-0.25, -0.2) is 0 Å². The van der Waals surface area contributed by atoms with Crippen molar-refractivity contribution in [2.24, 2.45) is 23.7 Å². The van der Waals surface area contributed by atoms with E-state index in [4.69, 9.17) is 4.74 Å². The third kappa shape index (κ3) is 6.47. The van der Waals surface area contributed by atoms with Gasteiger partial charge >= 0.3 is 0 Å². The minimum Gasteiger partial charge on any atom is -0.379 e. The quantitative estimate of drug-likeness (QED) is 0.764. The van der Waals surface area contributed by atoms with Gasteiger partial charge in [0.2, 0.25) is 5.91 Å². The third-order valence-electron chi connectivity index (χ3n) is 6.36. The molecule has 1 heterocycles. The van der Waals surface area contributed by atoms with Crippen molar-refractivity contribution in [3.8, 4) is 0 Å². The molecule has 2 aliphatic rings. The standard InChI is InChI=1S/C23H36N2O2.ClH/c1-17(2)21-9-4-18(3)14-22(21)23(26)24-15-19-5-7-20(8-6-19)16-25-10-12-27-13-11-25;/h5-8,17-18,21-22H,4,9-16H2,1-3H3,(H,24,26);1H/t18-,21+,22-;/m1./s1. The second-order valence-electron chi connectivity index (χ2n) is 8.86. The van der Waals surface area contributed by atoms with Crippen molar-refractivity contribution in [1.82, 2.24) is 10.2 Å². The molecule has 2 fully saturated rings. The number of hydrogen-bond acceptors (Lipinski definition) is 3. The Morgan fingerprint density at radius 3 is 2.43 bits per heavy atom. The monoisotopic (exact) mass is 408 g/mol. The Morgan fingerprint density at radius 1 is 1.14 bits per heavy atom. The van der Waals surface area contributed by atoms with Crippen LogP contribution in [0.25, 0.3) is 0 Å².